The first-order valence-electron chi connectivity index (χ1n) is 6.67. The Balaban J connectivity index is 2.11. The highest BCUT2D eigenvalue weighted by Crippen LogP contribution is 2.27. The molecule has 1 saturated carbocycles. The van der Waals surface area contributed by atoms with Gasteiger partial charge in [0, 0.05) is 18.0 Å². The molecule has 0 spiro atoms. The number of aliphatic carboxylic acids is 1. The van der Waals surface area contributed by atoms with Gasteiger partial charge in [-0.15, -0.1) is 0 Å². The summed E-state index contributed by atoms with van der Waals surface area (Å²) in [6.45, 7) is 0. The fraction of sp³-hybridized carbons (Fsp3) is 0.500. The van der Waals surface area contributed by atoms with Gasteiger partial charge in [-0.25, -0.2) is 8.42 Å². The largest absolute Gasteiger partial charge is 0.481 e. The van der Waals surface area contributed by atoms with Gasteiger partial charge in [-0.2, -0.15) is 0 Å². The third kappa shape index (κ3) is 3.50. The number of nitrogens with one attached hydrogen (secondary N) is 1. The summed E-state index contributed by atoms with van der Waals surface area (Å²) < 4.78 is 22.8. The van der Waals surface area contributed by atoms with Gasteiger partial charge in [0.2, 0.25) is 0 Å². The van der Waals surface area contributed by atoms with Gasteiger partial charge in [-0.05, 0) is 37.1 Å². The molecule has 6 heteroatoms. The van der Waals surface area contributed by atoms with E-state index in [0.717, 1.165) is 31.2 Å². The van der Waals surface area contributed by atoms with Crippen molar-refractivity contribution in [2.45, 2.75) is 36.6 Å². The molecule has 1 aromatic rings. The average Bonchev–Trinajstić information content (AvgIpc) is 2.38. The van der Waals surface area contributed by atoms with Crippen molar-refractivity contribution in [3.8, 4) is 0 Å². The van der Waals surface area contributed by atoms with Crippen LogP contribution in [0.5, 0.6) is 0 Å². The second-order valence-corrected chi connectivity index (χ2v) is 7.29. The smallest absolute Gasteiger partial charge is 0.308 e. The molecule has 0 aromatic heterocycles. The normalized spacial score (nSPS) is 23.2. The molecule has 2 atom stereocenters. The Kier molecular flexibility index (Phi) is 4.32. The molecule has 0 amide bonds. The number of carboxylic acid groups (broad SMARTS) is 1. The zero-order valence-electron chi connectivity index (χ0n) is 11.4. The van der Waals surface area contributed by atoms with E-state index in [2.05, 4.69) is 5.32 Å². The summed E-state index contributed by atoms with van der Waals surface area (Å²) in [5.74, 6) is -1.15. The topological polar surface area (TPSA) is 83.5 Å². The Morgan fingerprint density at radius 3 is 2.35 bits per heavy atom. The maximum Gasteiger partial charge on any atom is 0.308 e. The maximum absolute atomic E-state index is 11.4. The molecule has 0 aliphatic heterocycles. The number of benzene rings is 1. The third-order valence-electron chi connectivity index (χ3n) is 3.72. The molecular formula is C14H19NO4S. The van der Waals surface area contributed by atoms with E-state index < -0.39 is 15.8 Å². The first-order chi connectivity index (χ1) is 9.38. The Morgan fingerprint density at radius 2 is 1.80 bits per heavy atom. The van der Waals surface area contributed by atoms with E-state index >= 15 is 0 Å². The van der Waals surface area contributed by atoms with Gasteiger partial charge in [0.05, 0.1) is 10.8 Å². The van der Waals surface area contributed by atoms with Crippen LogP contribution < -0.4 is 5.32 Å². The van der Waals surface area contributed by atoms with Gasteiger partial charge in [0.15, 0.2) is 9.84 Å². The number of rotatable bonds is 4. The van der Waals surface area contributed by atoms with Crippen molar-refractivity contribution < 1.29 is 18.3 Å². The summed E-state index contributed by atoms with van der Waals surface area (Å²) in [5, 5.41) is 12.4. The first kappa shape index (κ1) is 14.8. The molecule has 1 fully saturated rings. The van der Waals surface area contributed by atoms with Crippen LogP contribution in [0.3, 0.4) is 0 Å². The zero-order valence-corrected chi connectivity index (χ0v) is 12.2. The van der Waals surface area contributed by atoms with E-state index in [9.17, 15) is 18.3 Å². The van der Waals surface area contributed by atoms with Gasteiger partial charge in [0.25, 0.3) is 0 Å². The number of carboxylic acids is 1. The number of sulfone groups is 1. The monoisotopic (exact) mass is 297 g/mol. The summed E-state index contributed by atoms with van der Waals surface area (Å²) in [4.78, 5) is 11.5. The Hall–Kier alpha value is -1.56. The lowest BCUT2D eigenvalue weighted by Gasteiger charge is -2.30. The van der Waals surface area contributed by atoms with Gasteiger partial charge >= 0.3 is 5.97 Å². The van der Waals surface area contributed by atoms with Crippen LogP contribution in [0, 0.1) is 5.92 Å². The molecule has 20 heavy (non-hydrogen) atoms. The van der Waals surface area contributed by atoms with Crippen LogP contribution in [0.2, 0.25) is 0 Å². The maximum atomic E-state index is 11.4. The van der Waals surface area contributed by atoms with Gasteiger partial charge in [-0.1, -0.05) is 12.8 Å². The van der Waals surface area contributed by atoms with Crippen molar-refractivity contribution in [1.29, 1.82) is 0 Å². The predicted molar refractivity (Wildman–Crippen MR) is 76.6 cm³/mol. The fourth-order valence-electron chi connectivity index (χ4n) is 2.61. The minimum Gasteiger partial charge on any atom is -0.481 e. The van der Waals surface area contributed by atoms with Crippen LogP contribution >= 0.6 is 0 Å². The highest BCUT2D eigenvalue weighted by molar-refractivity contribution is 7.90. The van der Waals surface area contributed by atoms with Crippen LogP contribution in [0.4, 0.5) is 5.69 Å². The van der Waals surface area contributed by atoms with Crippen LogP contribution in [-0.2, 0) is 14.6 Å². The minimum atomic E-state index is -3.20. The molecule has 1 aromatic carbocycles. The Labute approximate surface area is 118 Å². The number of anilines is 1. The molecule has 0 saturated heterocycles. The van der Waals surface area contributed by atoms with Crippen molar-refractivity contribution in [2.75, 3.05) is 11.6 Å². The highest BCUT2D eigenvalue weighted by atomic mass is 32.2. The third-order valence-corrected chi connectivity index (χ3v) is 4.85. The molecule has 1 aliphatic rings. The molecule has 1 aliphatic carbocycles. The van der Waals surface area contributed by atoms with E-state index in [0.29, 0.717) is 6.42 Å². The molecule has 0 radical (unpaired) electrons. The van der Waals surface area contributed by atoms with E-state index in [1.54, 1.807) is 12.1 Å². The van der Waals surface area contributed by atoms with Gasteiger partial charge in [0.1, 0.15) is 0 Å². The minimum absolute atomic E-state index is 0.0923. The molecule has 2 unspecified atom stereocenters. The Morgan fingerprint density at radius 1 is 1.20 bits per heavy atom. The van der Waals surface area contributed by atoms with E-state index in [1.165, 1.54) is 12.1 Å². The second kappa shape index (κ2) is 5.83. The van der Waals surface area contributed by atoms with E-state index in [1.807, 2.05) is 0 Å². The number of hydrogen-bond acceptors (Lipinski definition) is 4. The van der Waals surface area contributed by atoms with E-state index in [4.69, 9.17) is 0 Å². The first-order valence-corrected chi connectivity index (χ1v) is 8.56. The van der Waals surface area contributed by atoms with Crippen LogP contribution in [-0.4, -0.2) is 31.8 Å². The molecule has 0 heterocycles. The van der Waals surface area contributed by atoms with Crippen molar-refractivity contribution >= 4 is 21.5 Å². The molecule has 2 rings (SSSR count). The molecule has 2 N–H and O–H groups in total. The molecular weight excluding hydrogens is 278 g/mol. The van der Waals surface area contributed by atoms with Crippen molar-refractivity contribution in [3.05, 3.63) is 24.3 Å². The average molecular weight is 297 g/mol. The highest BCUT2D eigenvalue weighted by Gasteiger charge is 2.30. The molecule has 5 nitrogen and oxygen atoms in total. The fourth-order valence-corrected chi connectivity index (χ4v) is 3.24. The quantitative estimate of drug-likeness (QED) is 0.889. The van der Waals surface area contributed by atoms with Gasteiger partial charge in [-0.3, -0.25) is 4.79 Å². The van der Waals surface area contributed by atoms with Crippen LogP contribution in [0.1, 0.15) is 25.7 Å². The zero-order chi connectivity index (χ0) is 14.8. The lowest BCUT2D eigenvalue weighted by molar-refractivity contribution is -0.143. The number of carbonyl (C=O) groups is 1. The van der Waals surface area contributed by atoms with Crippen molar-refractivity contribution in [1.82, 2.24) is 0 Å². The van der Waals surface area contributed by atoms with E-state index in [-0.39, 0.29) is 16.9 Å². The summed E-state index contributed by atoms with van der Waals surface area (Å²) in [5.41, 5.74) is 0.760. The molecule has 0 bridgehead atoms. The molecule has 110 valence electrons. The number of hydrogen-bond donors (Lipinski definition) is 2. The lowest BCUT2D eigenvalue weighted by Crippen LogP contribution is -2.37. The lowest BCUT2D eigenvalue weighted by atomic mass is 9.84. The standard InChI is InChI=1S/C14H19NO4S/c1-20(18,19)11-8-6-10(7-9-11)15-13-5-3-2-4-12(13)14(16)17/h6-9,12-13,15H,2-5H2,1H3,(H,16,17). The second-order valence-electron chi connectivity index (χ2n) is 5.28. The SMILES string of the molecule is CS(=O)(=O)c1ccc(NC2CCCCC2C(=O)O)cc1. The summed E-state index contributed by atoms with van der Waals surface area (Å²) in [6, 6.07) is 6.35. The summed E-state index contributed by atoms with van der Waals surface area (Å²) in [7, 11) is -3.20. The Bertz CT molecular complexity index is 580. The van der Waals surface area contributed by atoms with Crippen molar-refractivity contribution in [3.63, 3.8) is 0 Å². The predicted octanol–water partition coefficient (Wildman–Crippen LogP) is 2.15. The summed E-state index contributed by atoms with van der Waals surface area (Å²) >= 11 is 0. The summed E-state index contributed by atoms with van der Waals surface area (Å²) in [6.07, 6.45) is 4.64. The van der Waals surface area contributed by atoms with Crippen LogP contribution in [0.15, 0.2) is 29.2 Å². The van der Waals surface area contributed by atoms with Crippen LogP contribution in [0.25, 0.3) is 0 Å². The van der Waals surface area contributed by atoms with Gasteiger partial charge < -0.3 is 10.4 Å². The van der Waals surface area contributed by atoms with Crippen molar-refractivity contribution in [2.24, 2.45) is 5.92 Å².